The number of hydrogen-bond donors (Lipinski definition) is 1. The zero-order valence-electron chi connectivity index (χ0n) is 15.5. The lowest BCUT2D eigenvalue weighted by molar-refractivity contribution is 0.0596. The van der Waals surface area contributed by atoms with Crippen molar-refractivity contribution in [2.45, 2.75) is 25.4 Å². The second-order valence-corrected chi connectivity index (χ2v) is 7.30. The monoisotopic (exact) mass is 362 g/mol. The Balaban J connectivity index is 1.61. The zero-order valence-corrected chi connectivity index (χ0v) is 15.5. The smallest absolute Gasteiger partial charge is 0.338 e. The van der Waals surface area contributed by atoms with Gasteiger partial charge in [0.25, 0.3) is 0 Å². The molecule has 1 unspecified atom stereocenters. The van der Waals surface area contributed by atoms with Gasteiger partial charge in [-0.25, -0.2) is 4.79 Å². The van der Waals surface area contributed by atoms with E-state index in [0.717, 1.165) is 42.8 Å². The van der Waals surface area contributed by atoms with Crippen LogP contribution in [0.2, 0.25) is 0 Å². The molecule has 0 amide bonds. The number of fused-ring (bicyclic) bond motifs is 6. The standard InChI is InChI=1S/C22H22N2O3/c1-26-14-6-7-15-16-8-9-24-12-13-4-3-5-17(22(25)27-2)18(13)11-20(24)21(16)23-19(15)10-14/h3-7,10,20,23H,8-9,11-12H2,1-2H3. The van der Waals surface area contributed by atoms with Crippen LogP contribution in [-0.4, -0.2) is 36.6 Å². The highest BCUT2D eigenvalue weighted by Gasteiger charge is 2.35. The quantitative estimate of drug-likeness (QED) is 0.708. The number of nitrogens with one attached hydrogen (secondary N) is 1. The number of carbonyl (C=O) groups excluding carboxylic acids is 1. The van der Waals surface area contributed by atoms with E-state index >= 15 is 0 Å². The summed E-state index contributed by atoms with van der Waals surface area (Å²) in [4.78, 5) is 18.4. The first kappa shape index (κ1) is 16.4. The summed E-state index contributed by atoms with van der Waals surface area (Å²) in [6, 6.07) is 12.4. The molecule has 3 aromatic rings. The van der Waals surface area contributed by atoms with Gasteiger partial charge in [-0.15, -0.1) is 0 Å². The van der Waals surface area contributed by atoms with Crippen LogP contribution in [0.15, 0.2) is 36.4 Å². The highest BCUT2D eigenvalue weighted by Crippen LogP contribution is 2.41. The molecule has 0 aliphatic carbocycles. The van der Waals surface area contributed by atoms with Gasteiger partial charge in [0.2, 0.25) is 0 Å². The summed E-state index contributed by atoms with van der Waals surface area (Å²) in [7, 11) is 3.14. The maximum Gasteiger partial charge on any atom is 0.338 e. The fraction of sp³-hybridized carbons (Fsp3) is 0.318. The lowest BCUT2D eigenvalue weighted by Crippen LogP contribution is -2.39. The summed E-state index contributed by atoms with van der Waals surface area (Å²) in [5.74, 6) is 0.609. The molecule has 5 rings (SSSR count). The van der Waals surface area contributed by atoms with Crippen molar-refractivity contribution in [3.63, 3.8) is 0 Å². The number of methoxy groups -OCH3 is 2. The van der Waals surface area contributed by atoms with Crippen molar-refractivity contribution in [1.29, 1.82) is 0 Å². The molecule has 1 aromatic heterocycles. The third-order valence-electron chi connectivity index (χ3n) is 6.02. The van der Waals surface area contributed by atoms with Gasteiger partial charge in [0.1, 0.15) is 5.75 Å². The van der Waals surface area contributed by atoms with Crippen LogP contribution in [0, 0.1) is 0 Å². The third-order valence-corrected chi connectivity index (χ3v) is 6.02. The van der Waals surface area contributed by atoms with E-state index in [1.165, 1.54) is 29.3 Å². The molecule has 0 fully saturated rings. The molecule has 0 bridgehead atoms. The number of carbonyl (C=O) groups is 1. The first-order valence-electron chi connectivity index (χ1n) is 9.31. The molecule has 1 atom stereocenters. The Bertz CT molecular complexity index is 1050. The number of aromatic amines is 1. The zero-order chi connectivity index (χ0) is 18.5. The number of rotatable bonds is 2. The average Bonchev–Trinajstić information content (AvgIpc) is 3.09. The fourth-order valence-corrected chi connectivity index (χ4v) is 4.69. The molecule has 138 valence electrons. The Hall–Kier alpha value is -2.79. The van der Waals surface area contributed by atoms with Crippen molar-refractivity contribution in [2.75, 3.05) is 20.8 Å². The highest BCUT2D eigenvalue weighted by atomic mass is 16.5. The van der Waals surface area contributed by atoms with Crippen LogP contribution in [0.25, 0.3) is 10.9 Å². The third kappa shape index (κ3) is 2.46. The Labute approximate surface area is 157 Å². The van der Waals surface area contributed by atoms with E-state index in [-0.39, 0.29) is 12.0 Å². The van der Waals surface area contributed by atoms with Crippen molar-refractivity contribution in [1.82, 2.24) is 9.88 Å². The van der Waals surface area contributed by atoms with Gasteiger partial charge in [-0.05, 0) is 47.7 Å². The molecule has 2 aliphatic rings. The molecule has 5 heteroatoms. The van der Waals surface area contributed by atoms with Crippen molar-refractivity contribution in [2.24, 2.45) is 0 Å². The minimum Gasteiger partial charge on any atom is -0.497 e. The molecular formula is C22H22N2O3. The SMILES string of the molecule is COC(=O)c1cccc2c1CC1c3[nH]c4cc(OC)ccc4c3CCN1C2. The van der Waals surface area contributed by atoms with Gasteiger partial charge in [0, 0.05) is 35.8 Å². The van der Waals surface area contributed by atoms with Gasteiger partial charge in [0.15, 0.2) is 0 Å². The van der Waals surface area contributed by atoms with Crippen LogP contribution >= 0.6 is 0 Å². The topological polar surface area (TPSA) is 54.6 Å². The Kier molecular flexibility index (Phi) is 3.72. The van der Waals surface area contributed by atoms with Gasteiger partial charge >= 0.3 is 5.97 Å². The van der Waals surface area contributed by atoms with Crippen LogP contribution in [0.5, 0.6) is 5.75 Å². The minimum atomic E-state index is -0.252. The van der Waals surface area contributed by atoms with Gasteiger partial charge in [0.05, 0.1) is 25.8 Å². The second-order valence-electron chi connectivity index (χ2n) is 7.30. The molecule has 3 heterocycles. The van der Waals surface area contributed by atoms with Crippen molar-refractivity contribution in [3.8, 4) is 5.75 Å². The predicted molar refractivity (Wildman–Crippen MR) is 103 cm³/mol. The van der Waals surface area contributed by atoms with Crippen molar-refractivity contribution >= 4 is 16.9 Å². The van der Waals surface area contributed by atoms with E-state index in [1.807, 2.05) is 18.2 Å². The maximum absolute atomic E-state index is 12.2. The maximum atomic E-state index is 12.2. The number of benzene rings is 2. The number of esters is 1. The lowest BCUT2D eigenvalue weighted by Gasteiger charge is -2.40. The van der Waals surface area contributed by atoms with E-state index in [2.05, 4.69) is 28.1 Å². The lowest BCUT2D eigenvalue weighted by atomic mass is 9.85. The van der Waals surface area contributed by atoms with Crippen molar-refractivity contribution < 1.29 is 14.3 Å². The van der Waals surface area contributed by atoms with Gasteiger partial charge in [-0.1, -0.05) is 12.1 Å². The molecule has 27 heavy (non-hydrogen) atoms. The Morgan fingerprint density at radius 1 is 1.19 bits per heavy atom. The van der Waals surface area contributed by atoms with Crippen molar-refractivity contribution in [3.05, 3.63) is 64.3 Å². The van der Waals surface area contributed by atoms with E-state index < -0.39 is 0 Å². The second kappa shape index (κ2) is 6.13. The summed E-state index contributed by atoms with van der Waals surface area (Å²) in [6.07, 6.45) is 1.85. The Morgan fingerprint density at radius 2 is 2.07 bits per heavy atom. The summed E-state index contributed by atoms with van der Waals surface area (Å²) in [5.41, 5.74) is 6.83. The predicted octanol–water partition coefficient (Wildman–Crippen LogP) is 3.62. The summed E-state index contributed by atoms with van der Waals surface area (Å²) in [6.45, 7) is 1.89. The molecule has 0 spiro atoms. The highest BCUT2D eigenvalue weighted by molar-refractivity contribution is 5.91. The summed E-state index contributed by atoms with van der Waals surface area (Å²) in [5, 5.41) is 1.28. The Morgan fingerprint density at radius 3 is 2.89 bits per heavy atom. The minimum absolute atomic E-state index is 0.252. The van der Waals surface area contributed by atoms with Gasteiger partial charge in [-0.3, -0.25) is 4.90 Å². The van der Waals surface area contributed by atoms with E-state index in [9.17, 15) is 4.79 Å². The summed E-state index contributed by atoms with van der Waals surface area (Å²) >= 11 is 0. The van der Waals surface area contributed by atoms with Crippen LogP contribution in [0.4, 0.5) is 0 Å². The first-order valence-corrected chi connectivity index (χ1v) is 9.31. The number of hydrogen-bond acceptors (Lipinski definition) is 4. The van der Waals surface area contributed by atoms with E-state index in [4.69, 9.17) is 9.47 Å². The van der Waals surface area contributed by atoms with E-state index in [1.54, 1.807) is 7.11 Å². The molecule has 1 N–H and O–H groups in total. The summed E-state index contributed by atoms with van der Waals surface area (Å²) < 4.78 is 10.4. The molecular weight excluding hydrogens is 340 g/mol. The largest absolute Gasteiger partial charge is 0.497 e. The van der Waals surface area contributed by atoms with Crippen LogP contribution in [0.3, 0.4) is 0 Å². The fourth-order valence-electron chi connectivity index (χ4n) is 4.69. The molecule has 5 nitrogen and oxygen atoms in total. The van der Waals surface area contributed by atoms with Gasteiger partial charge in [-0.2, -0.15) is 0 Å². The van der Waals surface area contributed by atoms with Crippen LogP contribution < -0.4 is 4.74 Å². The number of nitrogens with zero attached hydrogens (tertiary/aromatic N) is 1. The van der Waals surface area contributed by atoms with Crippen LogP contribution in [0.1, 0.15) is 38.8 Å². The normalized spacial score (nSPS) is 18.5. The van der Waals surface area contributed by atoms with Crippen LogP contribution in [-0.2, 0) is 24.1 Å². The molecule has 0 saturated heterocycles. The molecule has 2 aliphatic heterocycles. The molecule has 0 saturated carbocycles. The molecule has 0 radical (unpaired) electrons. The number of ether oxygens (including phenoxy) is 2. The first-order chi connectivity index (χ1) is 13.2. The average molecular weight is 362 g/mol. The van der Waals surface area contributed by atoms with E-state index in [0.29, 0.717) is 5.56 Å². The molecule has 2 aromatic carbocycles. The van der Waals surface area contributed by atoms with Gasteiger partial charge < -0.3 is 14.5 Å². The number of aromatic nitrogens is 1. The number of H-pyrrole nitrogens is 1.